The molecule has 0 radical (unpaired) electrons. The van der Waals surface area contributed by atoms with Crippen LogP contribution >= 0.6 is 12.2 Å². The predicted octanol–water partition coefficient (Wildman–Crippen LogP) is 4.80. The van der Waals surface area contributed by atoms with Crippen molar-refractivity contribution in [2.24, 2.45) is 0 Å². The van der Waals surface area contributed by atoms with Crippen molar-refractivity contribution in [3.8, 4) is 11.5 Å². The molecule has 4 aromatic rings. The monoisotopic (exact) mass is 433 g/mol. The maximum Gasteiger partial charge on any atom is 0.254 e. The third-order valence-electron chi connectivity index (χ3n) is 5.34. The molecule has 0 aliphatic heterocycles. The lowest BCUT2D eigenvalue weighted by atomic mass is 9.89. The molecule has 0 bridgehead atoms. The molecule has 4 rings (SSSR count). The molecule has 1 unspecified atom stereocenters. The number of nitrogens with one attached hydrogen (secondary N) is 3. The number of benzene rings is 2. The Labute approximate surface area is 185 Å². The van der Waals surface area contributed by atoms with Gasteiger partial charge in [-0.2, -0.15) is 0 Å². The molecule has 2 heterocycles. The fourth-order valence-electron chi connectivity index (χ4n) is 3.85. The number of aromatic nitrogens is 2. The summed E-state index contributed by atoms with van der Waals surface area (Å²) < 4.78 is 11.6. The lowest BCUT2D eigenvalue weighted by Crippen LogP contribution is -2.29. The lowest BCUT2D eigenvalue weighted by molar-refractivity contribution is 0.0951. The first-order chi connectivity index (χ1) is 15.1. The van der Waals surface area contributed by atoms with Crippen molar-refractivity contribution in [1.29, 1.82) is 0 Å². The standard InChI is InChI=1S/C24H23N3O3S/c1-29-21-11-5-8-16(22(21)30-2)19(18-13-26-20-10-4-3-7-15(18)20)14-27-23(28)17-9-6-12-25-24(17)31/h3-13,19,26H,14H2,1-2H3,(H,25,31)(H,27,28). The number of carbonyl (C=O) groups excluding carboxylic acids is 1. The Balaban J connectivity index is 1.76. The van der Waals surface area contributed by atoms with Crippen LogP contribution in [0.5, 0.6) is 11.5 Å². The molecule has 0 aliphatic carbocycles. The number of ether oxygens (including phenoxy) is 2. The van der Waals surface area contributed by atoms with Crippen LogP contribution < -0.4 is 14.8 Å². The number of H-pyrrole nitrogens is 2. The molecule has 7 heteroatoms. The van der Waals surface area contributed by atoms with Crippen molar-refractivity contribution in [3.63, 3.8) is 0 Å². The van der Waals surface area contributed by atoms with E-state index in [1.165, 1.54) is 0 Å². The van der Waals surface area contributed by atoms with Gasteiger partial charge in [0, 0.05) is 41.3 Å². The summed E-state index contributed by atoms with van der Waals surface area (Å²) in [5.41, 5.74) is 3.44. The Morgan fingerprint density at radius 3 is 2.61 bits per heavy atom. The highest BCUT2D eigenvalue weighted by molar-refractivity contribution is 7.71. The maximum atomic E-state index is 12.9. The van der Waals surface area contributed by atoms with E-state index < -0.39 is 0 Å². The molecule has 0 saturated heterocycles. The van der Waals surface area contributed by atoms with Gasteiger partial charge in [-0.25, -0.2) is 0 Å². The van der Waals surface area contributed by atoms with Gasteiger partial charge in [-0.15, -0.1) is 0 Å². The van der Waals surface area contributed by atoms with Gasteiger partial charge in [0.2, 0.25) is 0 Å². The summed E-state index contributed by atoms with van der Waals surface area (Å²) in [5, 5.41) is 4.13. The number of para-hydroxylation sites is 2. The summed E-state index contributed by atoms with van der Waals surface area (Å²) in [5.74, 6) is 0.883. The van der Waals surface area contributed by atoms with Crippen LogP contribution in [0.25, 0.3) is 10.9 Å². The molecule has 0 aliphatic rings. The number of aromatic amines is 2. The van der Waals surface area contributed by atoms with E-state index in [0.717, 1.165) is 22.0 Å². The summed E-state index contributed by atoms with van der Waals surface area (Å²) in [4.78, 5) is 19.1. The second-order valence-corrected chi connectivity index (χ2v) is 7.46. The Morgan fingerprint density at radius 1 is 1.00 bits per heavy atom. The van der Waals surface area contributed by atoms with Crippen molar-refractivity contribution in [3.05, 3.63) is 88.3 Å². The minimum absolute atomic E-state index is 0.175. The zero-order valence-corrected chi connectivity index (χ0v) is 18.1. The molecule has 6 nitrogen and oxygen atoms in total. The molecule has 0 spiro atoms. The van der Waals surface area contributed by atoms with E-state index >= 15 is 0 Å². The van der Waals surface area contributed by atoms with E-state index in [1.54, 1.807) is 32.5 Å². The number of amides is 1. The van der Waals surface area contributed by atoms with E-state index in [4.69, 9.17) is 21.7 Å². The molecule has 0 fully saturated rings. The number of carbonyl (C=O) groups is 1. The fraction of sp³-hybridized carbons (Fsp3) is 0.167. The lowest BCUT2D eigenvalue weighted by Gasteiger charge is -2.22. The van der Waals surface area contributed by atoms with Crippen LogP contribution in [0, 0.1) is 4.64 Å². The summed E-state index contributed by atoms with van der Waals surface area (Å²) in [6.07, 6.45) is 3.68. The highest BCUT2D eigenvalue weighted by atomic mass is 32.1. The molecule has 158 valence electrons. The van der Waals surface area contributed by atoms with E-state index in [2.05, 4.69) is 21.4 Å². The van der Waals surface area contributed by atoms with Crippen molar-refractivity contribution < 1.29 is 14.3 Å². The average molecular weight is 434 g/mol. The van der Waals surface area contributed by atoms with Crippen LogP contribution in [0.1, 0.15) is 27.4 Å². The highest BCUT2D eigenvalue weighted by Gasteiger charge is 2.24. The van der Waals surface area contributed by atoms with Gasteiger partial charge < -0.3 is 24.8 Å². The molecular formula is C24H23N3O3S. The van der Waals surface area contributed by atoms with Crippen molar-refractivity contribution in [2.75, 3.05) is 20.8 Å². The molecule has 1 atom stereocenters. The number of methoxy groups -OCH3 is 2. The number of fused-ring (bicyclic) bond motifs is 1. The first-order valence-electron chi connectivity index (χ1n) is 9.86. The van der Waals surface area contributed by atoms with Gasteiger partial charge >= 0.3 is 0 Å². The van der Waals surface area contributed by atoms with E-state index in [1.807, 2.05) is 42.6 Å². The highest BCUT2D eigenvalue weighted by Crippen LogP contribution is 2.40. The minimum atomic E-state index is -0.228. The van der Waals surface area contributed by atoms with Gasteiger partial charge in [0.1, 0.15) is 4.64 Å². The summed E-state index contributed by atoms with van der Waals surface area (Å²) in [7, 11) is 3.23. The molecule has 3 N–H and O–H groups in total. The van der Waals surface area contributed by atoms with Gasteiger partial charge in [-0.05, 0) is 29.8 Å². The van der Waals surface area contributed by atoms with Crippen LogP contribution in [0.2, 0.25) is 0 Å². The topological polar surface area (TPSA) is 79.1 Å². The van der Waals surface area contributed by atoms with Crippen LogP contribution in [0.4, 0.5) is 0 Å². The second kappa shape index (κ2) is 9.06. The number of pyridine rings is 1. The number of hydrogen-bond acceptors (Lipinski definition) is 4. The number of hydrogen-bond donors (Lipinski definition) is 3. The van der Waals surface area contributed by atoms with Crippen molar-refractivity contribution in [1.82, 2.24) is 15.3 Å². The summed E-state index contributed by atoms with van der Waals surface area (Å²) in [6, 6.07) is 17.3. The molecule has 31 heavy (non-hydrogen) atoms. The Kier molecular flexibility index (Phi) is 6.04. The van der Waals surface area contributed by atoms with Gasteiger partial charge in [-0.1, -0.05) is 42.5 Å². The largest absolute Gasteiger partial charge is 0.493 e. The zero-order valence-electron chi connectivity index (χ0n) is 17.3. The second-order valence-electron chi connectivity index (χ2n) is 7.05. The summed E-state index contributed by atoms with van der Waals surface area (Å²) in [6.45, 7) is 0.355. The normalized spacial score (nSPS) is 11.8. The first kappa shape index (κ1) is 20.7. The van der Waals surface area contributed by atoms with Crippen LogP contribution in [0.3, 0.4) is 0 Å². The third kappa shape index (κ3) is 4.04. The van der Waals surface area contributed by atoms with Gasteiger partial charge in [0.05, 0.1) is 19.8 Å². The smallest absolute Gasteiger partial charge is 0.254 e. The molecular weight excluding hydrogens is 410 g/mol. The predicted molar refractivity (Wildman–Crippen MR) is 124 cm³/mol. The Hall–Kier alpha value is -3.58. The van der Waals surface area contributed by atoms with Crippen LogP contribution in [-0.4, -0.2) is 36.6 Å². The Bertz CT molecular complexity index is 1280. The number of rotatable bonds is 7. The van der Waals surface area contributed by atoms with Crippen molar-refractivity contribution >= 4 is 29.0 Å². The van der Waals surface area contributed by atoms with Gasteiger partial charge in [-0.3, -0.25) is 4.79 Å². The van der Waals surface area contributed by atoms with E-state index in [0.29, 0.717) is 28.2 Å². The van der Waals surface area contributed by atoms with Crippen LogP contribution in [-0.2, 0) is 0 Å². The molecule has 2 aromatic carbocycles. The quantitative estimate of drug-likeness (QED) is 0.366. The average Bonchev–Trinajstić information content (AvgIpc) is 3.23. The molecule has 0 saturated carbocycles. The minimum Gasteiger partial charge on any atom is -0.493 e. The molecule has 1 amide bonds. The SMILES string of the molecule is COc1cccc(C(CNC(=O)c2ccc[nH]c2=S)c2c[nH]c3ccccc23)c1OC. The first-order valence-corrected chi connectivity index (χ1v) is 10.3. The Morgan fingerprint density at radius 2 is 1.84 bits per heavy atom. The zero-order chi connectivity index (χ0) is 21.8. The maximum absolute atomic E-state index is 12.9. The van der Waals surface area contributed by atoms with E-state index in [-0.39, 0.29) is 11.8 Å². The summed E-state index contributed by atoms with van der Waals surface area (Å²) >= 11 is 5.26. The fourth-order valence-corrected chi connectivity index (χ4v) is 4.08. The van der Waals surface area contributed by atoms with Gasteiger partial charge in [0.25, 0.3) is 5.91 Å². The van der Waals surface area contributed by atoms with Crippen molar-refractivity contribution in [2.45, 2.75) is 5.92 Å². The van der Waals surface area contributed by atoms with E-state index in [9.17, 15) is 4.79 Å². The molecule has 2 aromatic heterocycles. The third-order valence-corrected chi connectivity index (χ3v) is 5.67. The van der Waals surface area contributed by atoms with Crippen LogP contribution in [0.15, 0.2) is 67.0 Å². The van der Waals surface area contributed by atoms with Gasteiger partial charge in [0.15, 0.2) is 11.5 Å².